The Kier molecular flexibility index (Phi) is 7.83. The van der Waals surface area contributed by atoms with Gasteiger partial charge in [-0.15, -0.1) is 0 Å². The molecule has 0 aromatic carbocycles. The number of carboxylic acid groups (broad SMARTS) is 1. The van der Waals surface area contributed by atoms with Crippen LogP contribution in [0.5, 0.6) is 0 Å². The van der Waals surface area contributed by atoms with E-state index in [-0.39, 0.29) is 5.57 Å². The lowest BCUT2D eigenvalue weighted by molar-refractivity contribution is -0.132. The number of aliphatic hydroxyl groups excluding tert-OH is 2. The lowest BCUT2D eigenvalue weighted by Gasteiger charge is -2.19. The van der Waals surface area contributed by atoms with Crippen LogP contribution in [0.15, 0.2) is 11.1 Å². The molecular formula is C13H24O4. The van der Waals surface area contributed by atoms with Crippen LogP contribution in [-0.4, -0.2) is 33.5 Å². The summed E-state index contributed by atoms with van der Waals surface area (Å²) in [7, 11) is 0. The van der Waals surface area contributed by atoms with E-state index in [0.717, 1.165) is 25.7 Å². The molecule has 3 N–H and O–H groups in total. The van der Waals surface area contributed by atoms with Gasteiger partial charge in [-0.05, 0) is 25.8 Å². The lowest BCUT2D eigenvalue weighted by atomic mass is 9.97. The molecule has 100 valence electrons. The minimum atomic E-state index is -1.08. The molecule has 2 atom stereocenters. The van der Waals surface area contributed by atoms with Gasteiger partial charge in [0.15, 0.2) is 0 Å². The summed E-state index contributed by atoms with van der Waals surface area (Å²) in [5.74, 6) is -1.06. The second kappa shape index (κ2) is 8.25. The third kappa shape index (κ3) is 5.84. The van der Waals surface area contributed by atoms with Crippen molar-refractivity contribution in [3.63, 3.8) is 0 Å². The van der Waals surface area contributed by atoms with Crippen molar-refractivity contribution in [2.75, 3.05) is 0 Å². The number of hydrogen-bond donors (Lipinski definition) is 3. The van der Waals surface area contributed by atoms with Crippen LogP contribution in [0.2, 0.25) is 0 Å². The molecule has 0 saturated heterocycles. The van der Waals surface area contributed by atoms with Crippen molar-refractivity contribution >= 4 is 5.97 Å². The normalized spacial score (nSPS) is 16.3. The van der Waals surface area contributed by atoms with Crippen LogP contribution in [0.1, 0.15) is 52.9 Å². The van der Waals surface area contributed by atoms with Gasteiger partial charge in [0, 0.05) is 5.57 Å². The van der Waals surface area contributed by atoms with Gasteiger partial charge in [0.25, 0.3) is 0 Å². The molecule has 0 fully saturated rings. The van der Waals surface area contributed by atoms with Gasteiger partial charge in [-0.3, -0.25) is 0 Å². The zero-order chi connectivity index (χ0) is 13.4. The molecule has 0 heterocycles. The zero-order valence-corrected chi connectivity index (χ0v) is 10.9. The number of rotatable bonds is 8. The summed E-state index contributed by atoms with van der Waals surface area (Å²) in [5.41, 5.74) is 0.436. The van der Waals surface area contributed by atoms with E-state index in [4.69, 9.17) is 5.11 Å². The Bertz CT molecular complexity index is 271. The van der Waals surface area contributed by atoms with Crippen LogP contribution in [0.25, 0.3) is 0 Å². The summed E-state index contributed by atoms with van der Waals surface area (Å²) in [6, 6.07) is 0. The molecule has 0 bridgehead atoms. The molecule has 4 heteroatoms. The Morgan fingerprint density at radius 1 is 1.12 bits per heavy atom. The number of unbranched alkanes of at least 4 members (excludes halogenated alkanes) is 3. The van der Waals surface area contributed by atoms with Gasteiger partial charge in [-0.1, -0.05) is 32.6 Å². The quantitative estimate of drug-likeness (QED) is 0.451. The Balaban J connectivity index is 4.25. The van der Waals surface area contributed by atoms with E-state index in [0.29, 0.717) is 12.0 Å². The van der Waals surface area contributed by atoms with Crippen molar-refractivity contribution in [1.82, 2.24) is 0 Å². The maximum atomic E-state index is 10.7. The molecule has 0 aliphatic carbocycles. The van der Waals surface area contributed by atoms with Crippen LogP contribution in [0.4, 0.5) is 0 Å². The van der Waals surface area contributed by atoms with Gasteiger partial charge in [-0.25, -0.2) is 4.79 Å². The SMILES string of the molecule is CCCCCCC(O)C(O)C(C)=C(C)C(=O)O. The lowest BCUT2D eigenvalue weighted by Crippen LogP contribution is -2.28. The molecule has 0 aromatic heterocycles. The van der Waals surface area contributed by atoms with Crippen LogP contribution in [-0.2, 0) is 4.79 Å². The summed E-state index contributed by atoms with van der Waals surface area (Å²) in [4.78, 5) is 10.7. The van der Waals surface area contributed by atoms with Crippen molar-refractivity contribution in [2.24, 2.45) is 0 Å². The van der Waals surface area contributed by atoms with Crippen LogP contribution in [0, 0.1) is 0 Å². The van der Waals surface area contributed by atoms with Crippen molar-refractivity contribution in [1.29, 1.82) is 0 Å². The number of carbonyl (C=O) groups is 1. The minimum absolute atomic E-state index is 0.102. The smallest absolute Gasteiger partial charge is 0.331 e. The first kappa shape index (κ1) is 16.1. The van der Waals surface area contributed by atoms with Gasteiger partial charge < -0.3 is 15.3 Å². The van der Waals surface area contributed by atoms with Crippen molar-refractivity contribution in [3.8, 4) is 0 Å². The highest BCUT2D eigenvalue weighted by atomic mass is 16.4. The fraction of sp³-hybridized carbons (Fsp3) is 0.769. The van der Waals surface area contributed by atoms with E-state index >= 15 is 0 Å². The van der Waals surface area contributed by atoms with Gasteiger partial charge in [0.05, 0.1) is 6.10 Å². The minimum Gasteiger partial charge on any atom is -0.478 e. The summed E-state index contributed by atoms with van der Waals surface area (Å²) in [6.07, 6.45) is 2.67. The molecule has 0 spiro atoms. The molecule has 0 amide bonds. The maximum absolute atomic E-state index is 10.7. The van der Waals surface area contributed by atoms with Gasteiger partial charge >= 0.3 is 5.97 Å². The highest BCUT2D eigenvalue weighted by molar-refractivity contribution is 5.86. The highest BCUT2D eigenvalue weighted by Gasteiger charge is 2.20. The van der Waals surface area contributed by atoms with Crippen molar-refractivity contribution in [2.45, 2.75) is 65.1 Å². The van der Waals surface area contributed by atoms with Gasteiger partial charge in [0.2, 0.25) is 0 Å². The first-order chi connectivity index (χ1) is 7.91. The fourth-order valence-corrected chi connectivity index (χ4v) is 1.62. The van der Waals surface area contributed by atoms with Gasteiger partial charge in [0.1, 0.15) is 6.10 Å². The molecule has 0 saturated carbocycles. The van der Waals surface area contributed by atoms with Crippen LogP contribution < -0.4 is 0 Å². The zero-order valence-electron chi connectivity index (χ0n) is 10.9. The second-order valence-corrected chi connectivity index (χ2v) is 4.47. The van der Waals surface area contributed by atoms with E-state index in [2.05, 4.69) is 6.92 Å². The third-order valence-corrected chi connectivity index (χ3v) is 3.07. The second-order valence-electron chi connectivity index (χ2n) is 4.47. The number of carboxylic acids is 1. The topological polar surface area (TPSA) is 77.8 Å². The monoisotopic (exact) mass is 244 g/mol. The first-order valence-corrected chi connectivity index (χ1v) is 6.18. The Labute approximate surface area is 103 Å². The largest absolute Gasteiger partial charge is 0.478 e. The summed E-state index contributed by atoms with van der Waals surface area (Å²) < 4.78 is 0. The first-order valence-electron chi connectivity index (χ1n) is 6.18. The van der Waals surface area contributed by atoms with E-state index in [1.165, 1.54) is 6.92 Å². The Morgan fingerprint density at radius 3 is 2.18 bits per heavy atom. The molecule has 0 aliphatic heterocycles. The molecular weight excluding hydrogens is 220 g/mol. The summed E-state index contributed by atoms with van der Waals surface area (Å²) >= 11 is 0. The van der Waals surface area contributed by atoms with Crippen LogP contribution >= 0.6 is 0 Å². The molecule has 2 unspecified atom stereocenters. The Hall–Kier alpha value is -0.870. The number of aliphatic hydroxyl groups is 2. The van der Waals surface area contributed by atoms with E-state index < -0.39 is 18.2 Å². The van der Waals surface area contributed by atoms with Crippen LogP contribution in [0.3, 0.4) is 0 Å². The maximum Gasteiger partial charge on any atom is 0.331 e. The molecule has 0 aliphatic rings. The average molecular weight is 244 g/mol. The number of aliphatic carboxylic acids is 1. The fourth-order valence-electron chi connectivity index (χ4n) is 1.62. The Morgan fingerprint density at radius 2 is 1.71 bits per heavy atom. The molecule has 4 nitrogen and oxygen atoms in total. The predicted octanol–water partition coefficient (Wildman–Crippen LogP) is 2.10. The summed E-state index contributed by atoms with van der Waals surface area (Å²) in [5, 5.41) is 28.3. The van der Waals surface area contributed by atoms with Crippen molar-refractivity contribution in [3.05, 3.63) is 11.1 Å². The molecule has 0 rings (SSSR count). The standard InChI is InChI=1S/C13H24O4/c1-4-5-6-7-8-11(14)12(15)9(2)10(3)13(16)17/h11-12,14-15H,4-8H2,1-3H3,(H,16,17). The number of hydrogen-bond acceptors (Lipinski definition) is 3. The summed E-state index contributed by atoms with van der Waals surface area (Å²) in [6.45, 7) is 5.09. The average Bonchev–Trinajstić information content (AvgIpc) is 2.31. The highest BCUT2D eigenvalue weighted by Crippen LogP contribution is 2.16. The van der Waals surface area contributed by atoms with Gasteiger partial charge in [-0.2, -0.15) is 0 Å². The third-order valence-electron chi connectivity index (χ3n) is 3.07. The molecule has 0 radical (unpaired) electrons. The van der Waals surface area contributed by atoms with E-state index in [1.807, 2.05) is 0 Å². The predicted molar refractivity (Wildman–Crippen MR) is 66.8 cm³/mol. The van der Waals surface area contributed by atoms with E-state index in [9.17, 15) is 15.0 Å². The van der Waals surface area contributed by atoms with E-state index in [1.54, 1.807) is 6.92 Å². The molecule has 0 aromatic rings. The molecule has 17 heavy (non-hydrogen) atoms. The van der Waals surface area contributed by atoms with Crippen molar-refractivity contribution < 1.29 is 20.1 Å².